The Morgan fingerprint density at radius 1 is 1.35 bits per heavy atom. The third kappa shape index (κ3) is 4.02. The van der Waals surface area contributed by atoms with E-state index >= 15 is 0 Å². The molecule has 4 heteroatoms. The van der Waals surface area contributed by atoms with Gasteiger partial charge in [-0.15, -0.1) is 0 Å². The van der Waals surface area contributed by atoms with Gasteiger partial charge in [0, 0.05) is 12.0 Å². The summed E-state index contributed by atoms with van der Waals surface area (Å²) in [7, 11) is 0. The number of amides is 1. The fraction of sp³-hybridized carbons (Fsp3) is 0.846. The number of rotatable bonds is 5. The van der Waals surface area contributed by atoms with Crippen molar-refractivity contribution in [2.45, 2.75) is 52.5 Å². The van der Waals surface area contributed by atoms with E-state index in [1.54, 1.807) is 0 Å². The largest absolute Gasteiger partial charge is 0.481 e. The van der Waals surface area contributed by atoms with E-state index in [1.165, 1.54) is 0 Å². The van der Waals surface area contributed by atoms with Crippen molar-refractivity contribution in [2.75, 3.05) is 0 Å². The molecule has 3 atom stereocenters. The first-order valence-corrected chi connectivity index (χ1v) is 6.44. The second-order valence-electron chi connectivity index (χ2n) is 5.47. The zero-order chi connectivity index (χ0) is 13.0. The Kier molecular flexibility index (Phi) is 4.97. The van der Waals surface area contributed by atoms with Gasteiger partial charge >= 0.3 is 5.97 Å². The van der Waals surface area contributed by atoms with Gasteiger partial charge in [0.2, 0.25) is 5.91 Å². The number of carboxylic acids is 1. The van der Waals surface area contributed by atoms with Gasteiger partial charge in [-0.3, -0.25) is 9.59 Å². The summed E-state index contributed by atoms with van der Waals surface area (Å²) in [5.74, 6) is -0.178. The summed E-state index contributed by atoms with van der Waals surface area (Å²) in [5, 5.41) is 11.7. The summed E-state index contributed by atoms with van der Waals surface area (Å²) in [6.07, 6.45) is 3.14. The zero-order valence-electron chi connectivity index (χ0n) is 10.9. The SMILES string of the molecule is CC(C)C(CC(=O)O)NC(=O)C1CCCC1C. The van der Waals surface area contributed by atoms with Crippen LogP contribution in [0.5, 0.6) is 0 Å². The van der Waals surface area contributed by atoms with Crippen molar-refractivity contribution in [1.82, 2.24) is 5.32 Å². The van der Waals surface area contributed by atoms with Crippen LogP contribution in [0.1, 0.15) is 46.5 Å². The Morgan fingerprint density at radius 2 is 2.00 bits per heavy atom. The van der Waals surface area contributed by atoms with E-state index in [0.717, 1.165) is 19.3 Å². The van der Waals surface area contributed by atoms with Crippen LogP contribution in [-0.4, -0.2) is 23.0 Å². The maximum atomic E-state index is 12.0. The molecule has 3 unspecified atom stereocenters. The summed E-state index contributed by atoms with van der Waals surface area (Å²) in [6, 6.07) is -0.257. The lowest BCUT2D eigenvalue weighted by Crippen LogP contribution is -2.43. The molecule has 0 aromatic carbocycles. The Morgan fingerprint density at radius 3 is 2.41 bits per heavy atom. The van der Waals surface area contributed by atoms with E-state index in [-0.39, 0.29) is 30.2 Å². The lowest BCUT2D eigenvalue weighted by Gasteiger charge is -2.24. The van der Waals surface area contributed by atoms with Crippen molar-refractivity contribution in [1.29, 1.82) is 0 Å². The van der Waals surface area contributed by atoms with E-state index in [2.05, 4.69) is 12.2 Å². The second-order valence-corrected chi connectivity index (χ2v) is 5.47. The van der Waals surface area contributed by atoms with Crippen molar-refractivity contribution >= 4 is 11.9 Å². The predicted octanol–water partition coefficient (Wildman–Crippen LogP) is 2.04. The van der Waals surface area contributed by atoms with Crippen molar-refractivity contribution in [3.8, 4) is 0 Å². The summed E-state index contributed by atoms with van der Waals surface area (Å²) < 4.78 is 0. The average molecular weight is 241 g/mol. The van der Waals surface area contributed by atoms with Gasteiger partial charge in [-0.1, -0.05) is 27.2 Å². The first-order valence-electron chi connectivity index (χ1n) is 6.44. The molecule has 1 fully saturated rings. The number of nitrogens with one attached hydrogen (secondary N) is 1. The Labute approximate surface area is 103 Å². The molecule has 0 radical (unpaired) electrons. The molecule has 0 saturated heterocycles. The molecule has 1 aliphatic carbocycles. The average Bonchev–Trinajstić information content (AvgIpc) is 2.62. The first-order chi connectivity index (χ1) is 7.91. The lowest BCUT2D eigenvalue weighted by atomic mass is 9.95. The predicted molar refractivity (Wildman–Crippen MR) is 65.5 cm³/mol. The van der Waals surface area contributed by atoms with Gasteiger partial charge in [0.1, 0.15) is 0 Å². The van der Waals surface area contributed by atoms with Crippen molar-refractivity contribution in [3.63, 3.8) is 0 Å². The fourth-order valence-electron chi connectivity index (χ4n) is 2.47. The third-order valence-corrected chi connectivity index (χ3v) is 3.73. The van der Waals surface area contributed by atoms with E-state index in [4.69, 9.17) is 5.11 Å². The molecule has 0 aliphatic heterocycles. The smallest absolute Gasteiger partial charge is 0.305 e. The number of carbonyl (C=O) groups excluding carboxylic acids is 1. The first kappa shape index (κ1) is 14.0. The van der Waals surface area contributed by atoms with Crippen LogP contribution in [0.4, 0.5) is 0 Å². The molecule has 1 aliphatic rings. The normalized spacial score (nSPS) is 25.9. The van der Waals surface area contributed by atoms with Crippen molar-refractivity contribution in [2.24, 2.45) is 17.8 Å². The maximum absolute atomic E-state index is 12.0. The van der Waals surface area contributed by atoms with Gasteiger partial charge in [-0.2, -0.15) is 0 Å². The Balaban J connectivity index is 2.54. The van der Waals surface area contributed by atoms with Crippen LogP contribution in [0.3, 0.4) is 0 Å². The molecular weight excluding hydrogens is 218 g/mol. The molecule has 2 N–H and O–H groups in total. The molecule has 0 aromatic rings. The summed E-state index contributed by atoms with van der Waals surface area (Å²) in [5.41, 5.74) is 0. The van der Waals surface area contributed by atoms with Gasteiger partial charge < -0.3 is 10.4 Å². The number of carbonyl (C=O) groups is 2. The van der Waals surface area contributed by atoms with Gasteiger partial charge in [0.05, 0.1) is 6.42 Å². The Hall–Kier alpha value is -1.06. The highest BCUT2D eigenvalue weighted by atomic mass is 16.4. The van der Waals surface area contributed by atoms with Crippen molar-refractivity contribution in [3.05, 3.63) is 0 Å². The van der Waals surface area contributed by atoms with Crippen LogP contribution in [0.25, 0.3) is 0 Å². The van der Waals surface area contributed by atoms with E-state index in [1.807, 2.05) is 13.8 Å². The van der Waals surface area contributed by atoms with Crippen LogP contribution in [0.15, 0.2) is 0 Å². The highest BCUT2D eigenvalue weighted by molar-refractivity contribution is 5.80. The monoisotopic (exact) mass is 241 g/mol. The highest BCUT2D eigenvalue weighted by Gasteiger charge is 2.31. The molecule has 0 bridgehead atoms. The molecule has 1 rings (SSSR count). The number of hydrogen-bond acceptors (Lipinski definition) is 2. The molecule has 1 amide bonds. The van der Waals surface area contributed by atoms with Crippen LogP contribution in [0, 0.1) is 17.8 Å². The minimum Gasteiger partial charge on any atom is -0.481 e. The zero-order valence-corrected chi connectivity index (χ0v) is 10.9. The highest BCUT2D eigenvalue weighted by Crippen LogP contribution is 2.31. The maximum Gasteiger partial charge on any atom is 0.305 e. The second kappa shape index (κ2) is 6.03. The number of aliphatic carboxylic acids is 1. The quantitative estimate of drug-likeness (QED) is 0.774. The minimum absolute atomic E-state index is 0.00447. The topological polar surface area (TPSA) is 66.4 Å². The van der Waals surface area contributed by atoms with E-state index in [0.29, 0.717) is 5.92 Å². The molecule has 98 valence electrons. The number of hydrogen-bond donors (Lipinski definition) is 2. The summed E-state index contributed by atoms with van der Waals surface area (Å²) in [4.78, 5) is 22.8. The molecule has 4 nitrogen and oxygen atoms in total. The molecule has 0 aromatic heterocycles. The van der Waals surface area contributed by atoms with E-state index in [9.17, 15) is 9.59 Å². The van der Waals surface area contributed by atoms with Gasteiger partial charge in [0.15, 0.2) is 0 Å². The van der Waals surface area contributed by atoms with E-state index < -0.39 is 5.97 Å². The number of carboxylic acid groups (broad SMARTS) is 1. The fourth-order valence-corrected chi connectivity index (χ4v) is 2.47. The molecule has 0 heterocycles. The Bertz CT molecular complexity index is 288. The van der Waals surface area contributed by atoms with Crippen LogP contribution in [0.2, 0.25) is 0 Å². The summed E-state index contributed by atoms with van der Waals surface area (Å²) in [6.45, 7) is 5.97. The molecule has 17 heavy (non-hydrogen) atoms. The van der Waals surface area contributed by atoms with Crippen LogP contribution < -0.4 is 5.32 Å². The van der Waals surface area contributed by atoms with Crippen molar-refractivity contribution < 1.29 is 14.7 Å². The molecule has 1 saturated carbocycles. The van der Waals surface area contributed by atoms with Gasteiger partial charge in [0.25, 0.3) is 0 Å². The standard InChI is InChI=1S/C13H23NO3/c1-8(2)11(7-12(15)16)14-13(17)10-6-4-5-9(10)3/h8-11H,4-7H2,1-3H3,(H,14,17)(H,15,16). The van der Waals surface area contributed by atoms with Gasteiger partial charge in [-0.25, -0.2) is 0 Å². The molecule has 0 spiro atoms. The minimum atomic E-state index is -0.858. The summed E-state index contributed by atoms with van der Waals surface area (Å²) >= 11 is 0. The third-order valence-electron chi connectivity index (χ3n) is 3.73. The van der Waals surface area contributed by atoms with Gasteiger partial charge in [-0.05, 0) is 24.7 Å². The van der Waals surface area contributed by atoms with Crippen LogP contribution >= 0.6 is 0 Å². The lowest BCUT2D eigenvalue weighted by molar-refractivity contribution is -0.138. The van der Waals surface area contributed by atoms with Crippen LogP contribution in [-0.2, 0) is 9.59 Å². The molecular formula is C13H23NO3.